The number of thioether (sulfide) groups is 2. The van der Waals surface area contributed by atoms with Gasteiger partial charge in [0.1, 0.15) is 4.24 Å². The van der Waals surface area contributed by atoms with Gasteiger partial charge in [-0.25, -0.2) is 8.42 Å². The summed E-state index contributed by atoms with van der Waals surface area (Å²) in [6.07, 6.45) is 2.79. The highest BCUT2D eigenvalue weighted by molar-refractivity contribution is 8.20. The highest BCUT2D eigenvalue weighted by atomic mass is 32.3. The van der Waals surface area contributed by atoms with Crippen molar-refractivity contribution >= 4 is 33.4 Å². The lowest BCUT2D eigenvalue weighted by molar-refractivity contribution is 0.606. The minimum absolute atomic E-state index is 0.163. The first-order valence-electron chi connectivity index (χ1n) is 6.09. The monoisotopic (exact) mass is 310 g/mol. The second-order valence-electron chi connectivity index (χ2n) is 4.68. The molecule has 1 atom stereocenters. The summed E-state index contributed by atoms with van der Waals surface area (Å²) in [5, 5.41) is 2.07. The van der Waals surface area contributed by atoms with Crippen LogP contribution in [-0.4, -0.2) is 19.4 Å². The van der Waals surface area contributed by atoms with Crippen LogP contribution in [0.3, 0.4) is 0 Å². The molecule has 0 bridgehead atoms. The Balaban J connectivity index is 1.87. The van der Waals surface area contributed by atoms with Crippen molar-refractivity contribution in [1.29, 1.82) is 0 Å². The van der Waals surface area contributed by atoms with Gasteiger partial charge in [0.2, 0.25) is 0 Å². The van der Waals surface area contributed by atoms with E-state index in [1.165, 1.54) is 22.2 Å². The maximum Gasteiger partial charge on any atom is 0.184 e. The van der Waals surface area contributed by atoms with Crippen LogP contribution in [0.25, 0.3) is 0 Å². The molecule has 2 aliphatic rings. The maximum atomic E-state index is 11.9. The molecule has 2 heterocycles. The first-order valence-corrected chi connectivity index (χ1v) is 9.50. The van der Waals surface area contributed by atoms with E-state index >= 15 is 0 Å². The predicted molar refractivity (Wildman–Crippen MR) is 83.0 cm³/mol. The molecule has 0 saturated heterocycles. The van der Waals surface area contributed by atoms with Gasteiger partial charge in [-0.2, -0.15) is 0 Å². The van der Waals surface area contributed by atoms with Gasteiger partial charge in [-0.15, -0.1) is 11.8 Å². The van der Waals surface area contributed by atoms with E-state index in [-0.39, 0.29) is 11.0 Å². The summed E-state index contributed by atoms with van der Waals surface area (Å²) in [4.78, 5) is 1.18. The molecule has 1 unspecified atom stereocenters. The molecule has 0 saturated carbocycles. The molecule has 3 rings (SSSR count). The van der Waals surface area contributed by atoms with Crippen molar-refractivity contribution in [3.63, 3.8) is 0 Å². The number of rotatable bonds is 2. The van der Waals surface area contributed by atoms with Crippen molar-refractivity contribution < 1.29 is 8.42 Å². The van der Waals surface area contributed by atoms with Crippen LogP contribution >= 0.6 is 23.5 Å². The average Bonchev–Trinajstić information content (AvgIpc) is 2.70. The molecule has 19 heavy (non-hydrogen) atoms. The molecule has 0 spiro atoms. The minimum Gasteiger partial charge on any atom is -0.223 e. The Bertz CT molecular complexity index is 654. The van der Waals surface area contributed by atoms with Crippen LogP contribution in [0.4, 0.5) is 0 Å². The summed E-state index contributed by atoms with van der Waals surface area (Å²) >= 11 is 3.08. The van der Waals surface area contributed by atoms with E-state index in [1.807, 2.05) is 5.41 Å². The Kier molecular flexibility index (Phi) is 3.53. The van der Waals surface area contributed by atoms with Crippen LogP contribution in [0.5, 0.6) is 0 Å². The van der Waals surface area contributed by atoms with Crippen molar-refractivity contribution in [2.24, 2.45) is 0 Å². The van der Waals surface area contributed by atoms with Crippen LogP contribution in [0, 0.1) is 6.92 Å². The zero-order valence-electron chi connectivity index (χ0n) is 10.5. The molecule has 0 fully saturated rings. The lowest BCUT2D eigenvalue weighted by Gasteiger charge is -2.18. The Morgan fingerprint density at radius 2 is 2.00 bits per heavy atom. The molecule has 1 aromatic carbocycles. The van der Waals surface area contributed by atoms with E-state index in [0.29, 0.717) is 10.7 Å². The normalized spacial score (nSPS) is 24.6. The third-order valence-electron chi connectivity index (χ3n) is 3.24. The lowest BCUT2D eigenvalue weighted by atomic mass is 10.1. The van der Waals surface area contributed by atoms with Gasteiger partial charge in [0, 0.05) is 4.90 Å². The summed E-state index contributed by atoms with van der Waals surface area (Å²) in [5.41, 5.74) is 2.32. The summed E-state index contributed by atoms with van der Waals surface area (Å²) < 4.78 is 24.4. The fourth-order valence-corrected chi connectivity index (χ4v) is 6.62. The zero-order chi connectivity index (χ0) is 13.5. The Morgan fingerprint density at radius 1 is 1.26 bits per heavy atom. The molecular formula is C14H14O2S3. The van der Waals surface area contributed by atoms with Crippen molar-refractivity contribution in [2.45, 2.75) is 23.5 Å². The maximum absolute atomic E-state index is 11.9. The standard InChI is InChI=1S/C14H14O2S3/c1-10-2-4-11(5-3-10)18-13-6-8-17-14-12(13)7-9-19(14,15)16/h2-6,8,13H,7,9H2,1H3. The van der Waals surface area contributed by atoms with Crippen molar-refractivity contribution in [1.82, 2.24) is 0 Å². The molecule has 2 nitrogen and oxygen atoms in total. The fourth-order valence-electron chi connectivity index (χ4n) is 2.21. The number of aryl methyl sites for hydroxylation is 1. The highest BCUT2D eigenvalue weighted by Gasteiger charge is 2.34. The number of benzene rings is 1. The molecular weight excluding hydrogens is 296 g/mol. The molecule has 5 heteroatoms. The van der Waals surface area contributed by atoms with Gasteiger partial charge < -0.3 is 0 Å². The van der Waals surface area contributed by atoms with E-state index in [9.17, 15) is 8.42 Å². The van der Waals surface area contributed by atoms with Gasteiger partial charge in [0.15, 0.2) is 9.84 Å². The fraction of sp³-hybridized carbons (Fsp3) is 0.286. The Hall–Kier alpha value is -0.650. The van der Waals surface area contributed by atoms with Crippen LogP contribution in [0.1, 0.15) is 12.0 Å². The third kappa shape index (κ3) is 2.64. The van der Waals surface area contributed by atoms with Crippen LogP contribution in [0.2, 0.25) is 0 Å². The number of hydrogen-bond acceptors (Lipinski definition) is 4. The molecule has 0 aliphatic carbocycles. The molecule has 0 N–H and O–H groups in total. The van der Waals surface area contributed by atoms with Gasteiger partial charge in [-0.05, 0) is 36.5 Å². The number of sulfone groups is 1. The van der Waals surface area contributed by atoms with Crippen molar-refractivity contribution in [2.75, 3.05) is 5.75 Å². The van der Waals surface area contributed by atoms with Gasteiger partial charge in [-0.1, -0.05) is 35.5 Å². The van der Waals surface area contributed by atoms with E-state index in [4.69, 9.17) is 0 Å². The summed E-state index contributed by atoms with van der Waals surface area (Å²) in [6.45, 7) is 2.07. The number of hydrogen-bond donors (Lipinski definition) is 0. The molecule has 1 aromatic rings. The SMILES string of the molecule is Cc1ccc(SC2C=CSC3=C2CCS3(=O)=O)cc1. The average molecular weight is 310 g/mol. The molecule has 0 aromatic heterocycles. The van der Waals surface area contributed by atoms with Gasteiger partial charge in [0.05, 0.1) is 11.0 Å². The summed E-state index contributed by atoms with van der Waals surface area (Å²) in [5.74, 6) is 0.275. The van der Waals surface area contributed by atoms with Crippen molar-refractivity contribution in [3.05, 3.63) is 51.1 Å². The molecule has 0 amide bonds. The largest absolute Gasteiger partial charge is 0.223 e. The quantitative estimate of drug-likeness (QED) is 0.833. The van der Waals surface area contributed by atoms with E-state index in [2.05, 4.69) is 37.3 Å². The zero-order valence-corrected chi connectivity index (χ0v) is 12.9. The second-order valence-corrected chi connectivity index (χ2v) is 9.11. The third-order valence-corrected chi connectivity index (χ3v) is 7.87. The topological polar surface area (TPSA) is 34.1 Å². The van der Waals surface area contributed by atoms with Crippen molar-refractivity contribution in [3.8, 4) is 0 Å². The molecule has 100 valence electrons. The lowest BCUT2D eigenvalue weighted by Crippen LogP contribution is -2.06. The molecule has 2 aliphatic heterocycles. The van der Waals surface area contributed by atoms with Crippen LogP contribution in [0.15, 0.2) is 50.5 Å². The Labute approximate surface area is 122 Å². The van der Waals surface area contributed by atoms with Crippen LogP contribution < -0.4 is 0 Å². The minimum atomic E-state index is -3.00. The van der Waals surface area contributed by atoms with E-state index in [0.717, 1.165) is 5.57 Å². The first-order chi connectivity index (χ1) is 9.06. The Morgan fingerprint density at radius 3 is 2.74 bits per heavy atom. The van der Waals surface area contributed by atoms with Gasteiger partial charge in [-0.3, -0.25) is 0 Å². The van der Waals surface area contributed by atoms with Gasteiger partial charge >= 0.3 is 0 Å². The van der Waals surface area contributed by atoms with E-state index in [1.54, 1.807) is 11.8 Å². The first kappa shape index (κ1) is 13.3. The highest BCUT2D eigenvalue weighted by Crippen LogP contribution is 2.45. The summed E-state index contributed by atoms with van der Waals surface area (Å²) in [7, 11) is -3.00. The smallest absolute Gasteiger partial charge is 0.184 e. The van der Waals surface area contributed by atoms with E-state index < -0.39 is 9.84 Å². The van der Waals surface area contributed by atoms with Gasteiger partial charge in [0.25, 0.3) is 0 Å². The summed E-state index contributed by atoms with van der Waals surface area (Å²) in [6, 6.07) is 8.37. The predicted octanol–water partition coefficient (Wildman–Crippen LogP) is 3.75. The molecule has 0 radical (unpaired) electrons. The second kappa shape index (κ2) is 5.04. The van der Waals surface area contributed by atoms with Crippen LogP contribution in [-0.2, 0) is 9.84 Å².